The van der Waals surface area contributed by atoms with E-state index in [1.165, 1.54) is 0 Å². The van der Waals surface area contributed by atoms with Gasteiger partial charge in [0.1, 0.15) is 11.5 Å². The van der Waals surface area contributed by atoms with Crippen molar-refractivity contribution in [3.8, 4) is 11.5 Å². The van der Waals surface area contributed by atoms with E-state index in [1.54, 1.807) is 19.2 Å². The zero-order valence-corrected chi connectivity index (χ0v) is 11.1. The van der Waals surface area contributed by atoms with Crippen molar-refractivity contribution < 1.29 is 14.6 Å². The molecule has 0 aliphatic carbocycles. The van der Waals surface area contributed by atoms with Crippen LogP contribution in [0.1, 0.15) is 31.9 Å². The molecule has 0 amide bonds. The minimum atomic E-state index is 0.0641. The molecule has 100 valence electrons. The largest absolute Gasteiger partial charge is 0.508 e. The van der Waals surface area contributed by atoms with Crippen LogP contribution in [-0.4, -0.2) is 31.0 Å². The van der Waals surface area contributed by atoms with E-state index >= 15 is 0 Å². The highest BCUT2D eigenvalue weighted by Crippen LogP contribution is 2.29. The lowest BCUT2D eigenvalue weighted by Gasteiger charge is -2.23. The summed E-state index contributed by atoms with van der Waals surface area (Å²) in [5, 5.41) is 13.4. The van der Waals surface area contributed by atoms with E-state index in [-0.39, 0.29) is 12.1 Å². The molecule has 0 radical (unpaired) electrons. The van der Waals surface area contributed by atoms with Crippen LogP contribution in [0.2, 0.25) is 0 Å². The molecule has 1 saturated heterocycles. The molecule has 0 spiro atoms. The summed E-state index contributed by atoms with van der Waals surface area (Å²) in [4.78, 5) is 0. The van der Waals surface area contributed by atoms with Crippen LogP contribution in [0.4, 0.5) is 0 Å². The second-order valence-corrected chi connectivity index (χ2v) is 4.78. The lowest BCUT2D eigenvalue weighted by Crippen LogP contribution is -2.36. The van der Waals surface area contributed by atoms with Crippen molar-refractivity contribution in [1.82, 2.24) is 5.32 Å². The van der Waals surface area contributed by atoms with E-state index in [2.05, 4.69) is 12.2 Å². The molecule has 3 unspecified atom stereocenters. The number of benzene rings is 1. The zero-order valence-electron chi connectivity index (χ0n) is 11.1. The number of rotatable bonds is 4. The van der Waals surface area contributed by atoms with Gasteiger partial charge in [-0.2, -0.15) is 0 Å². The monoisotopic (exact) mass is 251 g/mol. The van der Waals surface area contributed by atoms with E-state index in [9.17, 15) is 5.11 Å². The standard InChI is InChI=1S/C14H21NO3/c1-9(15-13-6-7-18-10(13)2)12-8-11(17-3)4-5-14(12)16/h4-5,8-10,13,15-16H,6-7H2,1-3H3. The minimum Gasteiger partial charge on any atom is -0.508 e. The van der Waals surface area contributed by atoms with Crippen LogP contribution in [0.5, 0.6) is 11.5 Å². The van der Waals surface area contributed by atoms with Crippen molar-refractivity contribution in [2.45, 2.75) is 38.5 Å². The predicted octanol–water partition coefficient (Wildman–Crippen LogP) is 2.23. The Hall–Kier alpha value is -1.26. The first-order chi connectivity index (χ1) is 8.61. The molecule has 4 nitrogen and oxygen atoms in total. The van der Waals surface area contributed by atoms with Gasteiger partial charge in [0.05, 0.1) is 13.2 Å². The van der Waals surface area contributed by atoms with E-state index < -0.39 is 0 Å². The van der Waals surface area contributed by atoms with Gasteiger partial charge in [-0.3, -0.25) is 0 Å². The molecule has 1 aromatic carbocycles. The number of phenolic OH excluding ortho intramolecular Hbond substituents is 1. The Balaban J connectivity index is 2.10. The Kier molecular flexibility index (Phi) is 4.09. The number of nitrogens with one attached hydrogen (secondary N) is 1. The lowest BCUT2D eigenvalue weighted by atomic mass is 10.0. The van der Waals surface area contributed by atoms with Gasteiger partial charge in [0, 0.05) is 24.3 Å². The molecule has 18 heavy (non-hydrogen) atoms. The Morgan fingerprint density at radius 2 is 2.28 bits per heavy atom. The average molecular weight is 251 g/mol. The van der Waals surface area contributed by atoms with Crippen LogP contribution in [0.25, 0.3) is 0 Å². The van der Waals surface area contributed by atoms with Crippen LogP contribution in [-0.2, 0) is 4.74 Å². The summed E-state index contributed by atoms with van der Waals surface area (Å²) in [6, 6.07) is 5.70. The van der Waals surface area contributed by atoms with Gasteiger partial charge in [0.2, 0.25) is 0 Å². The Morgan fingerprint density at radius 1 is 1.50 bits per heavy atom. The molecule has 2 N–H and O–H groups in total. The molecule has 1 aromatic rings. The number of phenols is 1. The number of aromatic hydroxyl groups is 1. The minimum absolute atomic E-state index is 0.0641. The average Bonchev–Trinajstić information content (AvgIpc) is 2.75. The third kappa shape index (κ3) is 2.76. The summed E-state index contributed by atoms with van der Waals surface area (Å²) in [5.41, 5.74) is 0.855. The smallest absolute Gasteiger partial charge is 0.120 e. The normalized spacial score (nSPS) is 25.1. The number of ether oxygens (including phenoxy) is 2. The first-order valence-electron chi connectivity index (χ1n) is 6.36. The SMILES string of the molecule is COc1ccc(O)c(C(C)NC2CCOC2C)c1. The van der Waals surface area contributed by atoms with Gasteiger partial charge >= 0.3 is 0 Å². The highest BCUT2D eigenvalue weighted by molar-refractivity contribution is 5.41. The van der Waals surface area contributed by atoms with Crippen molar-refractivity contribution >= 4 is 0 Å². The lowest BCUT2D eigenvalue weighted by molar-refractivity contribution is 0.111. The fourth-order valence-electron chi connectivity index (χ4n) is 2.37. The van der Waals surface area contributed by atoms with E-state index in [0.29, 0.717) is 11.8 Å². The van der Waals surface area contributed by atoms with Crippen molar-refractivity contribution in [3.63, 3.8) is 0 Å². The summed E-state index contributed by atoms with van der Waals surface area (Å²) in [6.45, 7) is 4.91. The molecule has 1 aliphatic heterocycles. The number of hydrogen-bond acceptors (Lipinski definition) is 4. The topological polar surface area (TPSA) is 50.7 Å². The quantitative estimate of drug-likeness (QED) is 0.861. The molecule has 0 saturated carbocycles. The van der Waals surface area contributed by atoms with Gasteiger partial charge in [0.15, 0.2) is 0 Å². The van der Waals surface area contributed by atoms with Crippen LogP contribution in [0.15, 0.2) is 18.2 Å². The van der Waals surface area contributed by atoms with Crippen LogP contribution < -0.4 is 10.1 Å². The van der Waals surface area contributed by atoms with E-state index in [1.807, 2.05) is 13.0 Å². The third-order valence-corrected chi connectivity index (χ3v) is 3.54. The summed E-state index contributed by atoms with van der Waals surface area (Å²) < 4.78 is 10.7. The number of hydrogen-bond donors (Lipinski definition) is 2. The highest BCUT2D eigenvalue weighted by Gasteiger charge is 2.26. The molecule has 3 atom stereocenters. The van der Waals surface area contributed by atoms with E-state index in [0.717, 1.165) is 24.3 Å². The van der Waals surface area contributed by atoms with Crippen molar-refractivity contribution in [3.05, 3.63) is 23.8 Å². The second kappa shape index (κ2) is 5.59. The summed E-state index contributed by atoms with van der Waals surface area (Å²) in [5.74, 6) is 1.05. The van der Waals surface area contributed by atoms with Crippen molar-refractivity contribution in [2.24, 2.45) is 0 Å². The Bertz CT molecular complexity index is 408. The Labute approximate surface area is 108 Å². The summed E-state index contributed by atoms with van der Waals surface area (Å²) in [7, 11) is 1.63. The van der Waals surface area contributed by atoms with Crippen LogP contribution in [0.3, 0.4) is 0 Å². The van der Waals surface area contributed by atoms with Crippen LogP contribution in [0, 0.1) is 0 Å². The molecule has 2 rings (SSSR count). The maximum Gasteiger partial charge on any atom is 0.120 e. The molecular weight excluding hydrogens is 230 g/mol. The molecule has 1 fully saturated rings. The number of methoxy groups -OCH3 is 1. The summed E-state index contributed by atoms with van der Waals surface area (Å²) >= 11 is 0. The molecule has 4 heteroatoms. The molecule has 0 aromatic heterocycles. The molecule has 1 heterocycles. The first-order valence-corrected chi connectivity index (χ1v) is 6.36. The van der Waals surface area contributed by atoms with Gasteiger partial charge in [-0.25, -0.2) is 0 Å². The van der Waals surface area contributed by atoms with Gasteiger partial charge < -0.3 is 19.9 Å². The predicted molar refractivity (Wildman–Crippen MR) is 70.0 cm³/mol. The zero-order chi connectivity index (χ0) is 13.1. The van der Waals surface area contributed by atoms with Crippen molar-refractivity contribution in [2.75, 3.05) is 13.7 Å². The van der Waals surface area contributed by atoms with Gasteiger partial charge in [0.25, 0.3) is 0 Å². The second-order valence-electron chi connectivity index (χ2n) is 4.78. The van der Waals surface area contributed by atoms with E-state index in [4.69, 9.17) is 9.47 Å². The first kappa shape index (κ1) is 13.2. The highest BCUT2D eigenvalue weighted by atomic mass is 16.5. The maximum absolute atomic E-state index is 9.91. The fraction of sp³-hybridized carbons (Fsp3) is 0.571. The molecular formula is C14H21NO3. The van der Waals surface area contributed by atoms with Crippen LogP contribution >= 0.6 is 0 Å². The van der Waals surface area contributed by atoms with Crippen molar-refractivity contribution in [1.29, 1.82) is 0 Å². The molecule has 0 bridgehead atoms. The Morgan fingerprint density at radius 3 is 2.89 bits per heavy atom. The third-order valence-electron chi connectivity index (χ3n) is 3.54. The summed E-state index contributed by atoms with van der Waals surface area (Å²) in [6.07, 6.45) is 1.23. The molecule has 1 aliphatic rings. The van der Waals surface area contributed by atoms with Gasteiger partial charge in [-0.1, -0.05) is 0 Å². The fourth-order valence-corrected chi connectivity index (χ4v) is 2.37. The van der Waals surface area contributed by atoms with Gasteiger partial charge in [-0.15, -0.1) is 0 Å². The maximum atomic E-state index is 9.91. The van der Waals surface area contributed by atoms with Gasteiger partial charge in [-0.05, 0) is 38.5 Å².